The van der Waals surface area contributed by atoms with Gasteiger partial charge in [0.15, 0.2) is 0 Å². The average molecular weight is 620 g/mol. The van der Waals surface area contributed by atoms with Crippen molar-refractivity contribution in [1.82, 2.24) is 4.90 Å². The molecule has 1 spiro atoms. The number of nitrogens with zero attached hydrogens (tertiary/aromatic N) is 3. The molecule has 0 saturated carbocycles. The molecule has 2 bridgehead atoms. The third-order valence-corrected chi connectivity index (χ3v) is 10.0. The molecule has 2 aromatic rings. The molecule has 1 N–H and O–H groups in total. The van der Waals surface area contributed by atoms with E-state index < -0.39 is 35.1 Å². The molecule has 0 aromatic heterocycles. The molecule has 44 heavy (non-hydrogen) atoms. The molecule has 3 heterocycles. The van der Waals surface area contributed by atoms with Crippen molar-refractivity contribution in [3.05, 3.63) is 84.4 Å². The van der Waals surface area contributed by atoms with E-state index in [1.807, 2.05) is 70.2 Å². The maximum absolute atomic E-state index is 15.0. The summed E-state index contributed by atoms with van der Waals surface area (Å²) in [4.78, 5) is 49.0. The van der Waals surface area contributed by atoms with E-state index in [-0.39, 0.29) is 43.3 Å². The number of aryl methyl sites for hydroxylation is 1. The molecular formula is C35H42ClN3O5. The molecule has 234 valence electrons. The zero-order valence-electron chi connectivity index (χ0n) is 25.9. The van der Waals surface area contributed by atoms with Gasteiger partial charge in [-0.1, -0.05) is 67.9 Å². The first-order valence-corrected chi connectivity index (χ1v) is 15.6. The van der Waals surface area contributed by atoms with Crippen LogP contribution in [0.1, 0.15) is 39.2 Å². The van der Waals surface area contributed by atoms with Crippen LogP contribution < -0.4 is 9.80 Å². The van der Waals surface area contributed by atoms with Gasteiger partial charge in [-0.25, -0.2) is 0 Å². The number of fused-ring (bicyclic) bond motifs is 1. The number of aliphatic hydroxyl groups is 1. The SMILES string of the molecule is C=CCN(C(=O)[C@H]1[C@H]2C(=O)N([C@@H](CO)C(C)C)C(C(=O)N(CC=C)c3c(C)cccc3Cl)C23CC[C@]1(C)O3)c1ccccc1. The Morgan fingerprint density at radius 3 is 2.32 bits per heavy atom. The second-order valence-electron chi connectivity index (χ2n) is 12.7. The number of benzene rings is 2. The minimum Gasteiger partial charge on any atom is -0.394 e. The summed E-state index contributed by atoms with van der Waals surface area (Å²) in [5, 5.41) is 11.0. The van der Waals surface area contributed by atoms with Gasteiger partial charge in [-0.3, -0.25) is 14.4 Å². The van der Waals surface area contributed by atoms with Crippen molar-refractivity contribution in [2.45, 2.75) is 63.8 Å². The van der Waals surface area contributed by atoms with Crippen LogP contribution in [0, 0.1) is 24.7 Å². The third kappa shape index (κ3) is 4.88. The van der Waals surface area contributed by atoms with Crippen LogP contribution in [0.5, 0.6) is 0 Å². The molecule has 3 aliphatic rings. The summed E-state index contributed by atoms with van der Waals surface area (Å²) < 4.78 is 6.88. The number of para-hydroxylation sites is 2. The fourth-order valence-electron chi connectivity index (χ4n) is 7.76. The van der Waals surface area contributed by atoms with E-state index in [0.29, 0.717) is 29.2 Å². The van der Waals surface area contributed by atoms with Crippen LogP contribution in [0.4, 0.5) is 11.4 Å². The van der Waals surface area contributed by atoms with Gasteiger partial charge in [-0.2, -0.15) is 0 Å². The highest BCUT2D eigenvalue weighted by Gasteiger charge is 2.79. The Morgan fingerprint density at radius 1 is 1.07 bits per heavy atom. The number of halogens is 1. The highest BCUT2D eigenvalue weighted by atomic mass is 35.5. The van der Waals surface area contributed by atoms with Gasteiger partial charge in [0.05, 0.1) is 40.8 Å². The lowest BCUT2D eigenvalue weighted by Gasteiger charge is -2.41. The smallest absolute Gasteiger partial charge is 0.253 e. The van der Waals surface area contributed by atoms with Gasteiger partial charge in [-0.15, -0.1) is 13.2 Å². The van der Waals surface area contributed by atoms with Crippen LogP contribution in [-0.4, -0.2) is 70.7 Å². The van der Waals surface area contributed by atoms with E-state index in [9.17, 15) is 19.5 Å². The fourth-order valence-corrected chi connectivity index (χ4v) is 8.08. The second kappa shape index (κ2) is 12.1. The topological polar surface area (TPSA) is 90.4 Å². The van der Waals surface area contributed by atoms with E-state index in [4.69, 9.17) is 16.3 Å². The number of amides is 3. The van der Waals surface area contributed by atoms with Gasteiger partial charge in [0.25, 0.3) is 5.91 Å². The van der Waals surface area contributed by atoms with E-state index >= 15 is 0 Å². The quantitative estimate of drug-likeness (QED) is 0.351. The Labute approximate surface area is 264 Å². The van der Waals surface area contributed by atoms with Crippen molar-refractivity contribution in [2.75, 3.05) is 29.5 Å². The fraction of sp³-hybridized carbons (Fsp3) is 0.457. The molecule has 2 unspecified atom stereocenters. The van der Waals surface area contributed by atoms with Crippen molar-refractivity contribution >= 4 is 40.7 Å². The summed E-state index contributed by atoms with van der Waals surface area (Å²) in [5.41, 5.74) is -0.221. The zero-order chi connectivity index (χ0) is 32.0. The molecule has 5 rings (SSSR count). The number of hydrogen-bond donors (Lipinski definition) is 1. The summed E-state index contributed by atoms with van der Waals surface area (Å²) in [6, 6.07) is 13.0. The number of anilines is 2. The van der Waals surface area contributed by atoms with Gasteiger partial charge in [0.2, 0.25) is 11.8 Å². The molecule has 2 aromatic carbocycles. The van der Waals surface area contributed by atoms with Gasteiger partial charge >= 0.3 is 0 Å². The first-order valence-electron chi connectivity index (χ1n) is 15.2. The van der Waals surface area contributed by atoms with Crippen molar-refractivity contribution in [1.29, 1.82) is 0 Å². The van der Waals surface area contributed by atoms with Crippen molar-refractivity contribution in [3.8, 4) is 0 Å². The molecule has 3 amide bonds. The summed E-state index contributed by atoms with van der Waals surface area (Å²) in [5.74, 6) is -2.90. The first kappa shape index (κ1) is 31.9. The minimum atomic E-state index is -1.27. The Morgan fingerprint density at radius 2 is 1.73 bits per heavy atom. The number of likely N-dealkylation sites (tertiary alicyclic amines) is 1. The molecule has 0 radical (unpaired) electrons. The Balaban J connectivity index is 1.67. The standard InChI is InChI=1S/C35H42ClN3O5/c1-7-19-37(24-14-10-9-11-15-24)31(41)27-28-32(42)39(26(21-40)22(3)4)30(35(28)18-17-34(27,6)44-35)33(43)38(20-8-2)29-23(5)13-12-16-25(29)36/h7-16,22,26-28,30,40H,1-2,17-21H2,3-6H3/t26-,27+,28-,30?,34-,35?/m0/s1. The second-order valence-corrected chi connectivity index (χ2v) is 13.1. The monoisotopic (exact) mass is 619 g/mol. The molecule has 3 aliphatic heterocycles. The lowest BCUT2D eigenvalue weighted by Crippen LogP contribution is -2.60. The molecular weight excluding hydrogens is 578 g/mol. The summed E-state index contributed by atoms with van der Waals surface area (Å²) >= 11 is 6.68. The molecule has 3 saturated heterocycles. The lowest BCUT2D eigenvalue weighted by molar-refractivity contribution is -0.149. The number of aliphatic hydroxyl groups excluding tert-OH is 1. The van der Waals surface area contributed by atoms with E-state index in [0.717, 1.165) is 5.56 Å². The van der Waals surface area contributed by atoms with Crippen molar-refractivity contribution in [2.24, 2.45) is 17.8 Å². The number of hydrogen-bond acceptors (Lipinski definition) is 5. The number of carbonyl (C=O) groups is 3. The molecule has 8 nitrogen and oxygen atoms in total. The van der Waals surface area contributed by atoms with Gasteiger partial charge in [0, 0.05) is 18.8 Å². The Kier molecular flexibility index (Phi) is 8.82. The predicted molar refractivity (Wildman–Crippen MR) is 173 cm³/mol. The van der Waals surface area contributed by atoms with Crippen LogP contribution in [0.25, 0.3) is 0 Å². The summed E-state index contributed by atoms with van der Waals surface area (Å²) in [6.45, 7) is 15.4. The first-order chi connectivity index (χ1) is 21.0. The summed E-state index contributed by atoms with van der Waals surface area (Å²) in [7, 11) is 0. The number of rotatable bonds is 11. The zero-order valence-corrected chi connectivity index (χ0v) is 26.7. The van der Waals surface area contributed by atoms with E-state index in [1.54, 1.807) is 28.0 Å². The number of carbonyl (C=O) groups excluding carboxylic acids is 3. The minimum absolute atomic E-state index is 0.148. The highest BCUT2D eigenvalue weighted by molar-refractivity contribution is 6.34. The molecule has 6 atom stereocenters. The van der Waals surface area contributed by atoms with Gasteiger partial charge in [-0.05, 0) is 56.4 Å². The maximum atomic E-state index is 15.0. The molecule has 3 fully saturated rings. The molecule has 9 heteroatoms. The highest BCUT2D eigenvalue weighted by Crippen LogP contribution is 2.64. The largest absolute Gasteiger partial charge is 0.394 e. The van der Waals surface area contributed by atoms with Crippen LogP contribution >= 0.6 is 11.6 Å². The maximum Gasteiger partial charge on any atom is 0.253 e. The van der Waals surface area contributed by atoms with Crippen LogP contribution in [0.3, 0.4) is 0 Å². The van der Waals surface area contributed by atoms with Crippen LogP contribution in [-0.2, 0) is 19.1 Å². The van der Waals surface area contributed by atoms with E-state index in [1.165, 1.54) is 4.90 Å². The Hall–Kier alpha value is -3.46. The number of ether oxygens (including phenoxy) is 1. The predicted octanol–water partition coefficient (Wildman–Crippen LogP) is 5.17. The average Bonchev–Trinajstić information content (AvgIpc) is 3.56. The molecule has 0 aliphatic carbocycles. The lowest BCUT2D eigenvalue weighted by atomic mass is 9.66. The van der Waals surface area contributed by atoms with E-state index in [2.05, 4.69) is 13.2 Å². The van der Waals surface area contributed by atoms with Gasteiger partial charge < -0.3 is 24.5 Å². The van der Waals surface area contributed by atoms with Crippen LogP contribution in [0.15, 0.2) is 73.8 Å². The Bertz CT molecular complexity index is 1440. The van der Waals surface area contributed by atoms with Gasteiger partial charge in [0.1, 0.15) is 11.6 Å². The van der Waals surface area contributed by atoms with Crippen molar-refractivity contribution < 1.29 is 24.2 Å². The van der Waals surface area contributed by atoms with Crippen LogP contribution in [0.2, 0.25) is 5.02 Å². The third-order valence-electron chi connectivity index (χ3n) is 9.71. The van der Waals surface area contributed by atoms with Crippen molar-refractivity contribution in [3.63, 3.8) is 0 Å². The summed E-state index contributed by atoms with van der Waals surface area (Å²) in [6.07, 6.45) is 4.20. The normalized spacial score (nSPS) is 27.8.